The summed E-state index contributed by atoms with van der Waals surface area (Å²) in [5.74, 6) is 1.86. The maximum absolute atomic E-state index is 12.1. The third kappa shape index (κ3) is 7.09. The summed E-state index contributed by atoms with van der Waals surface area (Å²) in [4.78, 5) is 14.3. The van der Waals surface area contributed by atoms with E-state index in [2.05, 4.69) is 65.4 Å². The fourth-order valence-electron chi connectivity index (χ4n) is 5.91. The van der Waals surface area contributed by atoms with Gasteiger partial charge in [-0.25, -0.2) is 13.4 Å². The molecule has 2 aliphatic heterocycles. The highest BCUT2D eigenvalue weighted by molar-refractivity contribution is 9.10. The van der Waals surface area contributed by atoms with Crippen molar-refractivity contribution in [1.82, 2.24) is 14.9 Å². The maximum Gasteiger partial charge on any atom is 0.229 e. The number of ether oxygens (including phenoxy) is 2. The standard InChI is InChI=1S/C30H39BrN6O4S/c1-20-16-25(28(41-3)17-26(20)37-14-10-21(11-15-37)36-12-5-6-13-36)34-30-32-18-23(31)29(35-30)33-24-8-7-9-27(40-2)22(24)19-42(4,38)39/h7-9,16-18,21H,5-6,10-15,19H2,1-4H3,(H2,32,33,34,35). The Bertz CT molecular complexity index is 1520. The molecule has 0 bridgehead atoms. The Morgan fingerprint density at radius 3 is 2.38 bits per heavy atom. The van der Waals surface area contributed by atoms with Crippen molar-refractivity contribution < 1.29 is 17.9 Å². The molecule has 2 saturated heterocycles. The highest BCUT2D eigenvalue weighted by Gasteiger charge is 2.27. The van der Waals surface area contributed by atoms with E-state index in [0.29, 0.717) is 45.0 Å². The van der Waals surface area contributed by atoms with Crippen LogP contribution >= 0.6 is 15.9 Å². The lowest BCUT2D eigenvalue weighted by atomic mass is 10.0. The second-order valence-corrected chi connectivity index (χ2v) is 14.0. The summed E-state index contributed by atoms with van der Waals surface area (Å²) >= 11 is 3.52. The van der Waals surface area contributed by atoms with Crippen molar-refractivity contribution in [3.63, 3.8) is 0 Å². The first-order chi connectivity index (χ1) is 20.1. The predicted octanol–water partition coefficient (Wildman–Crippen LogP) is 5.66. The lowest BCUT2D eigenvalue weighted by Gasteiger charge is -2.38. The highest BCUT2D eigenvalue weighted by Crippen LogP contribution is 2.37. The number of anilines is 5. The zero-order chi connectivity index (χ0) is 29.9. The van der Waals surface area contributed by atoms with Gasteiger partial charge in [0.05, 0.1) is 30.1 Å². The van der Waals surface area contributed by atoms with Crippen LogP contribution in [0.4, 0.5) is 28.8 Å². The van der Waals surface area contributed by atoms with Crippen LogP contribution in [0.2, 0.25) is 0 Å². The minimum absolute atomic E-state index is 0.175. The Hall–Kier alpha value is -3.09. The minimum Gasteiger partial charge on any atom is -0.496 e. The Morgan fingerprint density at radius 2 is 1.71 bits per heavy atom. The van der Waals surface area contributed by atoms with Crippen molar-refractivity contribution in [1.29, 1.82) is 0 Å². The predicted molar refractivity (Wildman–Crippen MR) is 172 cm³/mol. The Labute approximate surface area is 256 Å². The number of benzene rings is 2. The first-order valence-corrected chi connectivity index (χ1v) is 17.1. The molecule has 0 amide bonds. The Kier molecular flexibility index (Phi) is 9.44. The molecule has 1 aromatic heterocycles. The molecule has 12 heteroatoms. The van der Waals surface area contributed by atoms with Gasteiger partial charge in [0.15, 0.2) is 9.84 Å². The van der Waals surface area contributed by atoms with Crippen LogP contribution < -0.4 is 25.0 Å². The third-order valence-electron chi connectivity index (χ3n) is 7.98. The van der Waals surface area contributed by atoms with Gasteiger partial charge in [0.1, 0.15) is 17.3 Å². The number of nitrogens with zero attached hydrogens (tertiary/aromatic N) is 4. The number of halogens is 1. The molecule has 2 aromatic carbocycles. The van der Waals surface area contributed by atoms with Gasteiger partial charge in [-0.3, -0.25) is 0 Å². The molecule has 42 heavy (non-hydrogen) atoms. The number of hydrogen-bond acceptors (Lipinski definition) is 10. The second-order valence-electron chi connectivity index (χ2n) is 11.0. The molecule has 0 aliphatic carbocycles. The van der Waals surface area contributed by atoms with Crippen LogP contribution in [0.1, 0.15) is 36.8 Å². The topological polar surface area (TPSA) is 109 Å². The van der Waals surface area contributed by atoms with Gasteiger partial charge >= 0.3 is 0 Å². The molecule has 10 nitrogen and oxygen atoms in total. The van der Waals surface area contributed by atoms with Crippen LogP contribution in [0.3, 0.4) is 0 Å². The van der Waals surface area contributed by atoms with Crippen LogP contribution in [0.25, 0.3) is 0 Å². The molecular weight excluding hydrogens is 620 g/mol. The minimum atomic E-state index is -3.31. The molecule has 2 fully saturated rings. The van der Waals surface area contributed by atoms with E-state index < -0.39 is 9.84 Å². The van der Waals surface area contributed by atoms with Crippen molar-refractivity contribution in [3.05, 3.63) is 52.1 Å². The first-order valence-electron chi connectivity index (χ1n) is 14.2. The second kappa shape index (κ2) is 13.0. The molecular formula is C30H39BrN6O4S. The summed E-state index contributed by atoms with van der Waals surface area (Å²) in [7, 11) is -0.124. The van der Waals surface area contributed by atoms with Crippen LogP contribution in [0.15, 0.2) is 41.0 Å². The summed E-state index contributed by atoms with van der Waals surface area (Å²) in [5, 5.41) is 6.57. The highest BCUT2D eigenvalue weighted by atomic mass is 79.9. The lowest BCUT2D eigenvalue weighted by Crippen LogP contribution is -2.44. The van der Waals surface area contributed by atoms with Crippen LogP contribution in [-0.4, -0.2) is 76.0 Å². The lowest BCUT2D eigenvalue weighted by molar-refractivity contribution is 0.208. The van der Waals surface area contributed by atoms with Crippen molar-refractivity contribution in [3.8, 4) is 11.5 Å². The number of piperidine rings is 1. The van der Waals surface area contributed by atoms with E-state index in [1.807, 2.05) is 0 Å². The summed E-state index contributed by atoms with van der Waals surface area (Å²) in [6, 6.07) is 10.2. The molecule has 3 aromatic rings. The van der Waals surface area contributed by atoms with Crippen LogP contribution in [0.5, 0.6) is 11.5 Å². The van der Waals surface area contributed by atoms with E-state index in [1.165, 1.54) is 57.8 Å². The fraction of sp³-hybridized carbons (Fsp3) is 0.467. The molecule has 3 heterocycles. The molecule has 0 unspecified atom stereocenters. The normalized spacial score (nSPS) is 16.5. The quantitative estimate of drug-likeness (QED) is 0.283. The van der Waals surface area contributed by atoms with Crippen molar-refractivity contribution in [2.45, 2.75) is 44.4 Å². The molecule has 5 rings (SSSR count). The summed E-state index contributed by atoms with van der Waals surface area (Å²) in [6.45, 7) is 6.68. The van der Waals surface area contributed by atoms with Gasteiger partial charge in [0.2, 0.25) is 5.95 Å². The summed E-state index contributed by atoms with van der Waals surface area (Å²) in [6.07, 6.45) is 7.87. The van der Waals surface area contributed by atoms with Crippen molar-refractivity contribution in [2.24, 2.45) is 0 Å². The van der Waals surface area contributed by atoms with Crippen LogP contribution in [-0.2, 0) is 15.6 Å². The number of methoxy groups -OCH3 is 2. The Balaban J connectivity index is 1.35. The summed E-state index contributed by atoms with van der Waals surface area (Å²) in [5.41, 5.74) is 4.21. The fourth-order valence-corrected chi connectivity index (χ4v) is 7.02. The smallest absolute Gasteiger partial charge is 0.229 e. The maximum atomic E-state index is 12.1. The van der Waals surface area contributed by atoms with E-state index >= 15 is 0 Å². The largest absolute Gasteiger partial charge is 0.496 e. The third-order valence-corrected chi connectivity index (χ3v) is 9.38. The molecule has 226 valence electrons. The average molecular weight is 660 g/mol. The van der Waals surface area contributed by atoms with Gasteiger partial charge in [-0.05, 0) is 85.4 Å². The van der Waals surface area contributed by atoms with Crippen LogP contribution in [0, 0.1) is 6.92 Å². The zero-order valence-corrected chi connectivity index (χ0v) is 27.0. The van der Waals surface area contributed by atoms with E-state index in [9.17, 15) is 8.42 Å². The number of aryl methyl sites for hydroxylation is 1. The van der Waals surface area contributed by atoms with Gasteiger partial charge < -0.3 is 29.9 Å². The number of hydrogen-bond donors (Lipinski definition) is 2. The molecule has 0 spiro atoms. The number of aromatic nitrogens is 2. The zero-order valence-electron chi connectivity index (χ0n) is 24.6. The molecule has 0 atom stereocenters. The SMILES string of the molecule is COc1cc(N2CCC(N3CCCC3)CC2)c(C)cc1Nc1ncc(Br)c(Nc2cccc(OC)c2CS(C)(=O)=O)n1. The van der Waals surface area contributed by atoms with E-state index in [-0.39, 0.29) is 5.75 Å². The van der Waals surface area contributed by atoms with Crippen molar-refractivity contribution in [2.75, 3.05) is 62.2 Å². The van der Waals surface area contributed by atoms with Gasteiger partial charge in [-0.2, -0.15) is 4.98 Å². The average Bonchev–Trinajstić information content (AvgIpc) is 3.50. The van der Waals surface area contributed by atoms with Gasteiger partial charge in [-0.15, -0.1) is 0 Å². The summed E-state index contributed by atoms with van der Waals surface area (Å²) < 4.78 is 36.1. The van der Waals surface area contributed by atoms with Crippen molar-refractivity contribution >= 4 is 54.6 Å². The van der Waals surface area contributed by atoms with E-state index in [4.69, 9.17) is 9.47 Å². The van der Waals surface area contributed by atoms with Gasteiger partial charge in [0, 0.05) is 54.6 Å². The van der Waals surface area contributed by atoms with E-state index in [1.54, 1.807) is 31.5 Å². The van der Waals surface area contributed by atoms with Gasteiger partial charge in [-0.1, -0.05) is 6.07 Å². The first kappa shape index (κ1) is 30.4. The van der Waals surface area contributed by atoms with E-state index in [0.717, 1.165) is 24.3 Å². The Morgan fingerprint density at radius 1 is 1.00 bits per heavy atom. The van der Waals surface area contributed by atoms with Gasteiger partial charge in [0.25, 0.3) is 0 Å². The number of likely N-dealkylation sites (tertiary alicyclic amines) is 1. The monoisotopic (exact) mass is 658 g/mol. The number of rotatable bonds is 10. The molecule has 0 radical (unpaired) electrons. The number of nitrogens with one attached hydrogen (secondary N) is 2. The number of sulfone groups is 1. The molecule has 2 aliphatic rings. The molecule has 2 N–H and O–H groups in total. The molecule has 0 saturated carbocycles.